The van der Waals surface area contributed by atoms with Crippen LogP contribution in [0.3, 0.4) is 0 Å². The molecule has 4 heavy (non-hydrogen) atoms. The molecule has 0 nitrogen and oxygen atoms in total. The van der Waals surface area contributed by atoms with Gasteiger partial charge >= 0.3 is 46.6 Å². The predicted molar refractivity (Wildman–Crippen MR) is 14.7 cm³/mol. The zero-order valence-corrected chi connectivity index (χ0v) is 6.91. The molecule has 0 rings (SSSR count). The van der Waals surface area contributed by atoms with Gasteiger partial charge in [-0.15, -0.1) is 0 Å². The van der Waals surface area contributed by atoms with Crippen molar-refractivity contribution in [1.29, 1.82) is 0 Å². The zero-order chi connectivity index (χ0) is 2.00. The van der Waals surface area contributed by atoms with Crippen molar-refractivity contribution in [2.24, 2.45) is 0 Å². The van der Waals surface area contributed by atoms with E-state index in [4.69, 9.17) is 0 Å². The predicted octanol–water partition coefficient (Wildman–Crippen LogP) is -3.00. The Morgan fingerprint density at radius 3 is 1.00 bits per heavy atom. The average molecular weight is 143 g/mol. The molecule has 4 heteroatoms. The van der Waals surface area contributed by atoms with Crippen molar-refractivity contribution in [3.63, 3.8) is 0 Å². The quantitative estimate of drug-likeness (QED) is 0.201. The van der Waals surface area contributed by atoms with Crippen LogP contribution in [0.4, 0.5) is 0 Å². The van der Waals surface area contributed by atoms with Gasteiger partial charge in [0.2, 0.25) is 0 Å². The third-order valence-corrected chi connectivity index (χ3v) is 0. The maximum Gasteiger partial charge on any atom is 2.00 e. The molecule has 0 amide bonds. The van der Waals surface area contributed by atoms with Gasteiger partial charge in [-0.25, -0.2) is 0 Å². The summed E-state index contributed by atoms with van der Waals surface area (Å²) in [4.78, 5) is 0. The molecule has 0 N–H and O–H groups in total. The molecule has 0 aromatic heterocycles. The Balaban J connectivity index is -0.00000000500. The van der Waals surface area contributed by atoms with Crippen LogP contribution in [0.15, 0.2) is 0 Å². The van der Waals surface area contributed by atoms with Crippen molar-refractivity contribution >= 4 is 23.3 Å². The summed E-state index contributed by atoms with van der Waals surface area (Å²) in [6.45, 7) is 0. The van der Waals surface area contributed by atoms with Gasteiger partial charge in [-0.3, -0.25) is 0 Å². The summed E-state index contributed by atoms with van der Waals surface area (Å²) in [5, 5.41) is 0. The Hall–Kier alpha value is 2.22. The molecular weight excluding hydrogens is 143 g/mol. The number of hydrogen-bond acceptors (Lipinski definition) is 2. The molecule has 0 unspecified atom stereocenters. The first-order valence-electron chi connectivity index (χ1n) is 0.167. The van der Waals surface area contributed by atoms with Gasteiger partial charge in [-0.05, 0) is 0 Å². The summed E-state index contributed by atoms with van der Waals surface area (Å²) in [6, 6.07) is 0. The minimum atomic E-state index is 0. The van der Waals surface area contributed by atoms with Crippen LogP contribution in [0.25, 0.3) is 0 Å². The molecule has 0 saturated carbocycles. The van der Waals surface area contributed by atoms with E-state index >= 15 is 0 Å². The van der Waals surface area contributed by atoms with Crippen LogP contribution >= 0.6 is 0 Å². The molecule has 0 aliphatic carbocycles. The molecule has 0 aliphatic heterocycles. The van der Waals surface area contributed by atoms with Crippen molar-refractivity contribution in [3.8, 4) is 0 Å². The summed E-state index contributed by atoms with van der Waals surface area (Å²) in [6.07, 6.45) is 0. The second-order valence-electron chi connectivity index (χ2n) is 0. The normalized spacial score (nSPS) is 1.50. The Morgan fingerprint density at radius 2 is 1.00 bits per heavy atom. The van der Waals surface area contributed by atoms with E-state index in [-0.39, 0.29) is 46.6 Å². The van der Waals surface area contributed by atoms with Gasteiger partial charge < -0.3 is 23.3 Å². The largest absolute Gasteiger partial charge is 2.00 e. The van der Waals surface area contributed by atoms with Crippen molar-refractivity contribution < 1.29 is 46.6 Å². The molecule has 0 aromatic carbocycles. The van der Waals surface area contributed by atoms with Crippen LogP contribution in [0, 0.1) is 0 Å². The first kappa shape index (κ1) is 16.3. The molecule has 0 aliphatic rings. The van der Waals surface area contributed by atoms with Crippen LogP contribution in [0.2, 0.25) is 0 Å². The minimum absolute atomic E-state index is 0. The van der Waals surface area contributed by atoms with Crippen molar-refractivity contribution in [1.82, 2.24) is 0 Å². The molecule has 0 spiro atoms. The Kier molecular flexibility index (Phi) is 77.1. The average Bonchev–Trinajstić information content (AvgIpc) is 1.00. The fraction of sp³-hybridized carbons (Fsp3) is 0. The maximum atomic E-state index is 3.67. The van der Waals surface area contributed by atoms with Gasteiger partial charge in [-0.2, -0.15) is 0 Å². The van der Waals surface area contributed by atoms with Crippen LogP contribution in [0.5, 0.6) is 0 Å². The SMILES string of the molecule is [Fe+2].[Na+].[S-][S-]. The van der Waals surface area contributed by atoms with Crippen LogP contribution in [-0.2, 0) is 40.4 Å². The first-order valence-corrected chi connectivity index (χ1v) is 1.50. The molecule has 0 saturated heterocycles. The van der Waals surface area contributed by atoms with Gasteiger partial charge in [0.15, 0.2) is 0 Å². The van der Waals surface area contributed by atoms with Gasteiger partial charge in [-0.1, -0.05) is 0 Å². The third kappa shape index (κ3) is 8.88. The molecule has 0 atom stereocenters. The molecule has 0 fully saturated rings. The van der Waals surface area contributed by atoms with Crippen molar-refractivity contribution in [3.05, 3.63) is 0 Å². The van der Waals surface area contributed by atoms with E-state index in [1.807, 2.05) is 0 Å². The fourth-order valence-electron chi connectivity index (χ4n) is 0. The fourth-order valence-corrected chi connectivity index (χ4v) is 0. The molecule has 0 aromatic rings. The second kappa shape index (κ2) is 18.9. The third-order valence-electron chi connectivity index (χ3n) is 0. The van der Waals surface area contributed by atoms with E-state index in [1.165, 1.54) is 0 Å². The molecule has 20 valence electrons. The topological polar surface area (TPSA) is 0 Å². The number of hydrogen-bond donors (Lipinski definition) is 0. The second-order valence-corrected chi connectivity index (χ2v) is 0. The maximum absolute atomic E-state index is 3.67. The Bertz CT molecular complexity index is 6.00. The van der Waals surface area contributed by atoms with Crippen LogP contribution in [0.1, 0.15) is 0 Å². The smallest absolute Gasteiger partial charge is 1.00 e. The van der Waals surface area contributed by atoms with E-state index < -0.39 is 0 Å². The number of rotatable bonds is 0. The summed E-state index contributed by atoms with van der Waals surface area (Å²) in [5.74, 6) is 0. The van der Waals surface area contributed by atoms with Crippen LogP contribution in [-0.4, -0.2) is 0 Å². The van der Waals surface area contributed by atoms with E-state index in [1.54, 1.807) is 0 Å². The first-order chi connectivity index (χ1) is 1.00. The summed E-state index contributed by atoms with van der Waals surface area (Å²) >= 11 is 7.33. The van der Waals surface area contributed by atoms with Gasteiger partial charge in [0.05, 0.1) is 0 Å². The molecular formula is FeNaS2+. The molecule has 0 bridgehead atoms. The van der Waals surface area contributed by atoms with E-state index in [9.17, 15) is 0 Å². The van der Waals surface area contributed by atoms with Crippen LogP contribution < -0.4 is 29.6 Å². The van der Waals surface area contributed by atoms with E-state index in [0.717, 1.165) is 0 Å². The van der Waals surface area contributed by atoms with E-state index in [0.29, 0.717) is 0 Å². The van der Waals surface area contributed by atoms with Crippen molar-refractivity contribution in [2.45, 2.75) is 0 Å². The zero-order valence-electron chi connectivity index (χ0n) is 2.17. The summed E-state index contributed by atoms with van der Waals surface area (Å²) < 4.78 is 0. The van der Waals surface area contributed by atoms with Crippen molar-refractivity contribution in [2.75, 3.05) is 0 Å². The minimum Gasteiger partial charge on any atom is -1.00 e. The van der Waals surface area contributed by atoms with Gasteiger partial charge in [0.25, 0.3) is 0 Å². The van der Waals surface area contributed by atoms with Gasteiger partial charge in [0, 0.05) is 0 Å². The van der Waals surface area contributed by atoms with Gasteiger partial charge in [0.1, 0.15) is 0 Å². The monoisotopic (exact) mass is 143 g/mol. The summed E-state index contributed by atoms with van der Waals surface area (Å²) in [5.41, 5.74) is 0. The van der Waals surface area contributed by atoms with E-state index in [2.05, 4.69) is 23.3 Å². The Labute approximate surface area is 69.1 Å². The Morgan fingerprint density at radius 1 is 1.00 bits per heavy atom. The standard InChI is InChI=1S/Fe.Na.S2/c;;1-2/q+2;+1;-2. The molecule has 0 radical (unpaired) electrons. The summed E-state index contributed by atoms with van der Waals surface area (Å²) in [7, 11) is 0. The molecule has 0 heterocycles.